The van der Waals surface area contributed by atoms with Crippen molar-refractivity contribution in [2.45, 2.75) is 31.7 Å². The van der Waals surface area contributed by atoms with Crippen LogP contribution in [0.1, 0.15) is 36.6 Å². The molecule has 3 heteroatoms. The van der Waals surface area contributed by atoms with Gasteiger partial charge in [-0.15, -0.1) is 0 Å². The third-order valence-electron chi connectivity index (χ3n) is 4.57. The Morgan fingerprint density at radius 3 is 2.89 bits per heavy atom. The second-order valence-electron chi connectivity index (χ2n) is 5.58. The summed E-state index contributed by atoms with van der Waals surface area (Å²) in [5.74, 6) is 0.826. The van der Waals surface area contributed by atoms with E-state index in [1.165, 1.54) is 41.4 Å². The highest BCUT2D eigenvalue weighted by molar-refractivity contribution is 6.31. The predicted molar refractivity (Wildman–Crippen MR) is 75.1 cm³/mol. The zero-order valence-electron chi connectivity index (χ0n) is 10.3. The summed E-state index contributed by atoms with van der Waals surface area (Å²) in [5.41, 5.74) is 4.14. The lowest BCUT2D eigenvalue weighted by atomic mass is 9.76. The maximum Gasteiger partial charge on any atom is 0.0504 e. The van der Waals surface area contributed by atoms with Crippen LogP contribution in [0.15, 0.2) is 18.2 Å². The molecular weight excluding hydrogens is 244 g/mol. The second-order valence-corrected chi connectivity index (χ2v) is 6.02. The minimum absolute atomic E-state index is 0.536. The molecule has 2 N–H and O–H groups in total. The highest BCUT2D eigenvalue weighted by Crippen LogP contribution is 2.41. The number of hydrogen-bond acceptors (Lipinski definition) is 1. The van der Waals surface area contributed by atoms with Crippen LogP contribution in [0.4, 0.5) is 0 Å². The first-order valence-electron chi connectivity index (χ1n) is 6.86. The highest BCUT2D eigenvalue weighted by atomic mass is 35.5. The van der Waals surface area contributed by atoms with Gasteiger partial charge in [0.1, 0.15) is 0 Å². The molecule has 1 aromatic heterocycles. The van der Waals surface area contributed by atoms with Gasteiger partial charge < -0.3 is 10.3 Å². The number of H-pyrrole nitrogens is 1. The molecule has 1 atom stereocenters. The molecule has 0 saturated heterocycles. The van der Waals surface area contributed by atoms with E-state index in [-0.39, 0.29) is 0 Å². The van der Waals surface area contributed by atoms with Crippen LogP contribution in [-0.4, -0.2) is 11.5 Å². The fourth-order valence-electron chi connectivity index (χ4n) is 3.41. The molecule has 2 aromatic rings. The van der Waals surface area contributed by atoms with Crippen LogP contribution in [0.25, 0.3) is 10.9 Å². The van der Waals surface area contributed by atoms with Crippen LogP contribution in [0.3, 0.4) is 0 Å². The van der Waals surface area contributed by atoms with E-state index in [9.17, 15) is 0 Å². The minimum Gasteiger partial charge on any atom is -0.357 e. The summed E-state index contributed by atoms with van der Waals surface area (Å²) in [6.45, 7) is 1.09. The lowest BCUT2D eigenvalue weighted by Crippen LogP contribution is -2.37. The highest BCUT2D eigenvalue weighted by Gasteiger charge is 2.33. The standard InChI is InChI=1S/C15H17ClN2/c16-10-4-5-13-12(8-10)11-6-7-17-14(15(11)18-13)9-2-1-3-9/h4-5,8-9,14,17-18H,1-3,6-7H2. The van der Waals surface area contributed by atoms with E-state index in [1.54, 1.807) is 0 Å². The van der Waals surface area contributed by atoms with E-state index in [4.69, 9.17) is 11.6 Å². The van der Waals surface area contributed by atoms with E-state index >= 15 is 0 Å². The van der Waals surface area contributed by atoms with Gasteiger partial charge >= 0.3 is 0 Å². The van der Waals surface area contributed by atoms with Gasteiger partial charge in [-0.25, -0.2) is 0 Å². The Morgan fingerprint density at radius 2 is 2.11 bits per heavy atom. The van der Waals surface area contributed by atoms with Crippen LogP contribution < -0.4 is 5.32 Å². The molecule has 0 radical (unpaired) electrons. The number of rotatable bonds is 1. The molecule has 4 rings (SSSR count). The fraction of sp³-hybridized carbons (Fsp3) is 0.467. The van der Waals surface area contributed by atoms with Crippen molar-refractivity contribution in [3.8, 4) is 0 Å². The van der Waals surface area contributed by atoms with E-state index < -0.39 is 0 Å². The summed E-state index contributed by atoms with van der Waals surface area (Å²) in [6.07, 6.45) is 5.24. The van der Waals surface area contributed by atoms with Crippen molar-refractivity contribution < 1.29 is 0 Å². The molecule has 0 spiro atoms. The van der Waals surface area contributed by atoms with Crippen LogP contribution >= 0.6 is 11.6 Å². The van der Waals surface area contributed by atoms with Gasteiger partial charge in [0.25, 0.3) is 0 Å². The third kappa shape index (κ3) is 1.52. The lowest BCUT2D eigenvalue weighted by molar-refractivity contribution is 0.222. The molecule has 2 nitrogen and oxygen atoms in total. The first-order valence-corrected chi connectivity index (χ1v) is 7.24. The van der Waals surface area contributed by atoms with Crippen LogP contribution in [0, 0.1) is 5.92 Å². The Bertz CT molecular complexity index is 598. The lowest BCUT2D eigenvalue weighted by Gasteiger charge is -2.36. The smallest absolute Gasteiger partial charge is 0.0504 e. The summed E-state index contributed by atoms with van der Waals surface area (Å²) < 4.78 is 0. The number of fused-ring (bicyclic) bond motifs is 3. The van der Waals surface area contributed by atoms with Crippen molar-refractivity contribution in [2.75, 3.05) is 6.54 Å². The molecule has 2 aliphatic rings. The Kier molecular flexibility index (Phi) is 2.42. The maximum atomic E-state index is 6.13. The molecular formula is C15H17ClN2. The molecule has 0 amide bonds. The van der Waals surface area contributed by atoms with Gasteiger partial charge in [0.05, 0.1) is 6.04 Å². The Morgan fingerprint density at radius 1 is 1.22 bits per heavy atom. The fourth-order valence-corrected chi connectivity index (χ4v) is 3.58. The third-order valence-corrected chi connectivity index (χ3v) is 4.81. The van der Waals surface area contributed by atoms with Crippen molar-refractivity contribution in [1.82, 2.24) is 10.3 Å². The molecule has 1 saturated carbocycles. The number of benzene rings is 1. The Hall–Kier alpha value is -0.990. The maximum absolute atomic E-state index is 6.13. The summed E-state index contributed by atoms with van der Waals surface area (Å²) in [6, 6.07) is 6.72. The minimum atomic E-state index is 0.536. The first-order chi connectivity index (χ1) is 8.83. The average Bonchev–Trinajstić information content (AvgIpc) is 2.66. The van der Waals surface area contributed by atoms with Gasteiger partial charge in [0.2, 0.25) is 0 Å². The number of aromatic amines is 1. The van der Waals surface area contributed by atoms with Gasteiger partial charge in [-0.3, -0.25) is 0 Å². The van der Waals surface area contributed by atoms with E-state index in [0.717, 1.165) is 23.9 Å². The van der Waals surface area contributed by atoms with E-state index in [2.05, 4.69) is 22.4 Å². The van der Waals surface area contributed by atoms with Crippen molar-refractivity contribution >= 4 is 22.5 Å². The molecule has 2 heterocycles. The van der Waals surface area contributed by atoms with Crippen molar-refractivity contribution in [3.05, 3.63) is 34.5 Å². The summed E-state index contributed by atoms with van der Waals surface area (Å²) in [5, 5.41) is 5.85. The Balaban J connectivity index is 1.87. The van der Waals surface area contributed by atoms with Crippen molar-refractivity contribution in [3.63, 3.8) is 0 Å². The summed E-state index contributed by atoms with van der Waals surface area (Å²) in [4.78, 5) is 3.62. The quantitative estimate of drug-likeness (QED) is 0.802. The van der Waals surface area contributed by atoms with Gasteiger partial charge in [-0.1, -0.05) is 18.0 Å². The molecule has 94 valence electrons. The first kappa shape index (κ1) is 10.9. The van der Waals surface area contributed by atoms with Gasteiger partial charge in [0, 0.05) is 21.6 Å². The average molecular weight is 261 g/mol. The van der Waals surface area contributed by atoms with E-state index in [0.29, 0.717) is 6.04 Å². The molecule has 1 aliphatic carbocycles. The zero-order valence-corrected chi connectivity index (χ0v) is 11.1. The number of hydrogen-bond donors (Lipinski definition) is 2. The normalized spacial score (nSPS) is 23.9. The van der Waals surface area contributed by atoms with Crippen LogP contribution in [0.2, 0.25) is 5.02 Å². The number of aromatic nitrogens is 1. The molecule has 0 bridgehead atoms. The largest absolute Gasteiger partial charge is 0.357 e. The molecule has 1 unspecified atom stereocenters. The predicted octanol–water partition coefficient (Wildman–Crippen LogP) is 3.81. The molecule has 1 aliphatic heterocycles. The molecule has 1 fully saturated rings. The SMILES string of the molecule is Clc1ccc2[nH]c3c(c2c1)CCNC3C1CCC1. The Labute approximate surface area is 112 Å². The van der Waals surface area contributed by atoms with Gasteiger partial charge in [-0.05, 0) is 55.5 Å². The monoisotopic (exact) mass is 260 g/mol. The van der Waals surface area contributed by atoms with Crippen molar-refractivity contribution in [1.29, 1.82) is 0 Å². The van der Waals surface area contributed by atoms with Crippen molar-refractivity contribution in [2.24, 2.45) is 5.92 Å². The van der Waals surface area contributed by atoms with Gasteiger partial charge in [0.15, 0.2) is 0 Å². The number of nitrogens with one attached hydrogen (secondary N) is 2. The van der Waals surface area contributed by atoms with E-state index in [1.807, 2.05) is 6.07 Å². The molecule has 18 heavy (non-hydrogen) atoms. The summed E-state index contributed by atoms with van der Waals surface area (Å²) >= 11 is 6.13. The van der Waals surface area contributed by atoms with Crippen LogP contribution in [0.5, 0.6) is 0 Å². The number of halogens is 1. The topological polar surface area (TPSA) is 27.8 Å². The van der Waals surface area contributed by atoms with Crippen LogP contribution in [-0.2, 0) is 6.42 Å². The zero-order chi connectivity index (χ0) is 12.1. The summed E-state index contributed by atoms with van der Waals surface area (Å²) in [7, 11) is 0. The second kappa shape index (κ2) is 4.01. The van der Waals surface area contributed by atoms with Gasteiger partial charge in [-0.2, -0.15) is 0 Å². The molecule has 1 aromatic carbocycles.